The van der Waals surface area contributed by atoms with Crippen LogP contribution < -0.4 is 5.32 Å². The van der Waals surface area contributed by atoms with Crippen molar-refractivity contribution in [3.05, 3.63) is 30.1 Å². The number of anilines is 1. The molecule has 1 aromatic heterocycles. The lowest BCUT2D eigenvalue weighted by Crippen LogP contribution is -2.40. The van der Waals surface area contributed by atoms with Crippen LogP contribution >= 0.6 is 11.8 Å². The van der Waals surface area contributed by atoms with Crippen LogP contribution in [0.4, 0.5) is 10.5 Å². The Hall–Kier alpha value is -2.02. The highest BCUT2D eigenvalue weighted by atomic mass is 32.2. The van der Waals surface area contributed by atoms with Crippen LogP contribution in [0.15, 0.2) is 24.5 Å². The van der Waals surface area contributed by atoms with E-state index in [-0.39, 0.29) is 6.03 Å². The fourth-order valence-electron chi connectivity index (χ4n) is 2.50. The summed E-state index contributed by atoms with van der Waals surface area (Å²) in [5.74, 6) is 2.81. The smallest absolute Gasteiger partial charge is 0.321 e. The SMILES string of the molecule is Cc1c(NC(=O)N2CCSCC2)cccc1-c1nncn1C. The molecule has 2 aromatic rings. The summed E-state index contributed by atoms with van der Waals surface area (Å²) in [5.41, 5.74) is 2.80. The number of rotatable bonds is 2. The summed E-state index contributed by atoms with van der Waals surface area (Å²) in [6.45, 7) is 3.60. The van der Waals surface area contributed by atoms with Crippen LogP contribution in [0, 0.1) is 6.92 Å². The number of hydrogen-bond acceptors (Lipinski definition) is 4. The van der Waals surface area contributed by atoms with E-state index >= 15 is 0 Å². The zero-order valence-electron chi connectivity index (χ0n) is 12.7. The van der Waals surface area contributed by atoms with Crippen LogP contribution in [0.25, 0.3) is 11.4 Å². The summed E-state index contributed by atoms with van der Waals surface area (Å²) < 4.78 is 1.87. The van der Waals surface area contributed by atoms with Gasteiger partial charge in [-0.05, 0) is 18.6 Å². The molecule has 1 aliphatic heterocycles. The molecule has 0 radical (unpaired) electrons. The third-order valence-corrected chi connectivity index (χ3v) is 4.77. The quantitative estimate of drug-likeness (QED) is 0.923. The van der Waals surface area contributed by atoms with Crippen LogP contribution in [-0.4, -0.2) is 50.3 Å². The number of aryl methyl sites for hydroxylation is 1. The Bertz CT molecular complexity index is 678. The van der Waals surface area contributed by atoms with Crippen molar-refractivity contribution in [3.63, 3.8) is 0 Å². The monoisotopic (exact) mass is 317 g/mol. The minimum atomic E-state index is -0.0292. The molecule has 1 fully saturated rings. The molecule has 2 heterocycles. The Morgan fingerprint density at radius 3 is 2.77 bits per heavy atom. The van der Waals surface area contributed by atoms with Crippen molar-refractivity contribution < 1.29 is 4.79 Å². The van der Waals surface area contributed by atoms with Gasteiger partial charge in [0, 0.05) is 42.9 Å². The van der Waals surface area contributed by atoms with Crippen LogP contribution in [0.3, 0.4) is 0 Å². The Kier molecular flexibility index (Phi) is 4.33. The van der Waals surface area contributed by atoms with E-state index in [2.05, 4.69) is 15.5 Å². The molecule has 1 aromatic carbocycles. The predicted molar refractivity (Wildman–Crippen MR) is 89.1 cm³/mol. The lowest BCUT2D eigenvalue weighted by Gasteiger charge is -2.27. The van der Waals surface area contributed by atoms with Gasteiger partial charge in [0.25, 0.3) is 0 Å². The van der Waals surface area contributed by atoms with Gasteiger partial charge in [-0.15, -0.1) is 10.2 Å². The average Bonchev–Trinajstić information content (AvgIpc) is 2.96. The van der Waals surface area contributed by atoms with E-state index < -0.39 is 0 Å². The third-order valence-electron chi connectivity index (χ3n) is 3.83. The van der Waals surface area contributed by atoms with Crippen molar-refractivity contribution in [2.45, 2.75) is 6.92 Å². The van der Waals surface area contributed by atoms with Gasteiger partial charge < -0.3 is 14.8 Å². The highest BCUT2D eigenvalue weighted by molar-refractivity contribution is 7.99. The summed E-state index contributed by atoms with van der Waals surface area (Å²) in [7, 11) is 1.91. The highest BCUT2D eigenvalue weighted by Gasteiger charge is 2.18. The van der Waals surface area contributed by atoms with Gasteiger partial charge in [-0.3, -0.25) is 0 Å². The number of amides is 2. The first kappa shape index (κ1) is 14.9. The maximum Gasteiger partial charge on any atom is 0.321 e. The van der Waals surface area contributed by atoms with Gasteiger partial charge in [-0.1, -0.05) is 12.1 Å². The average molecular weight is 317 g/mol. The van der Waals surface area contributed by atoms with Crippen molar-refractivity contribution in [2.75, 3.05) is 29.9 Å². The molecule has 3 rings (SSSR count). The molecule has 0 saturated carbocycles. The van der Waals surface area contributed by atoms with E-state index in [0.29, 0.717) is 0 Å². The molecule has 0 atom stereocenters. The molecule has 22 heavy (non-hydrogen) atoms. The van der Waals surface area contributed by atoms with Gasteiger partial charge >= 0.3 is 6.03 Å². The van der Waals surface area contributed by atoms with Gasteiger partial charge in [-0.2, -0.15) is 11.8 Å². The Balaban J connectivity index is 1.83. The third kappa shape index (κ3) is 2.94. The van der Waals surface area contributed by atoms with E-state index in [4.69, 9.17) is 0 Å². The molecule has 1 aliphatic rings. The number of aromatic nitrogens is 3. The number of urea groups is 1. The first-order valence-corrected chi connectivity index (χ1v) is 8.40. The second kappa shape index (κ2) is 6.39. The second-order valence-electron chi connectivity index (χ2n) is 5.27. The fraction of sp³-hybridized carbons (Fsp3) is 0.400. The number of carbonyl (C=O) groups excluding carboxylic acids is 1. The lowest BCUT2D eigenvalue weighted by atomic mass is 10.1. The first-order valence-electron chi connectivity index (χ1n) is 7.24. The molecule has 0 bridgehead atoms. The van der Waals surface area contributed by atoms with Crippen molar-refractivity contribution in [1.29, 1.82) is 0 Å². The molecule has 2 amide bonds. The van der Waals surface area contributed by atoms with Crippen molar-refractivity contribution in [2.24, 2.45) is 7.05 Å². The van der Waals surface area contributed by atoms with Gasteiger partial charge in [0.05, 0.1) is 0 Å². The molecule has 0 spiro atoms. The molecular weight excluding hydrogens is 298 g/mol. The maximum atomic E-state index is 12.4. The van der Waals surface area contributed by atoms with E-state index in [1.54, 1.807) is 6.33 Å². The molecule has 6 nitrogen and oxygen atoms in total. The predicted octanol–water partition coefficient (Wildman–Crippen LogP) is 2.37. The van der Waals surface area contributed by atoms with Crippen molar-refractivity contribution in [3.8, 4) is 11.4 Å². The van der Waals surface area contributed by atoms with Crippen LogP contribution in [-0.2, 0) is 7.05 Å². The molecule has 7 heteroatoms. The van der Waals surface area contributed by atoms with Gasteiger partial charge in [0.1, 0.15) is 6.33 Å². The zero-order valence-corrected chi connectivity index (χ0v) is 13.6. The minimum Gasteiger partial charge on any atom is -0.323 e. The van der Waals surface area contributed by atoms with Crippen LogP contribution in [0.1, 0.15) is 5.56 Å². The van der Waals surface area contributed by atoms with E-state index in [9.17, 15) is 4.79 Å². The Morgan fingerprint density at radius 1 is 1.32 bits per heavy atom. The number of thioether (sulfide) groups is 1. The normalized spacial score (nSPS) is 14.9. The van der Waals surface area contributed by atoms with Crippen molar-refractivity contribution in [1.82, 2.24) is 19.7 Å². The van der Waals surface area contributed by atoms with Gasteiger partial charge in [0.2, 0.25) is 0 Å². The molecule has 1 saturated heterocycles. The topological polar surface area (TPSA) is 63.1 Å². The molecule has 1 N–H and O–H groups in total. The number of hydrogen-bond donors (Lipinski definition) is 1. The van der Waals surface area contributed by atoms with E-state index in [1.165, 1.54) is 0 Å². The van der Waals surface area contributed by atoms with Crippen LogP contribution in [0.2, 0.25) is 0 Å². The number of nitrogens with zero attached hydrogens (tertiary/aromatic N) is 4. The minimum absolute atomic E-state index is 0.0292. The molecular formula is C15H19N5OS. The standard InChI is InChI=1S/C15H19N5OS/c1-11-12(14-18-16-10-19(14)2)4-3-5-13(11)17-15(21)20-6-8-22-9-7-20/h3-5,10H,6-9H2,1-2H3,(H,17,21). The van der Waals surface area contributed by atoms with Gasteiger partial charge in [0.15, 0.2) is 5.82 Å². The fourth-order valence-corrected chi connectivity index (χ4v) is 3.40. The zero-order chi connectivity index (χ0) is 15.5. The second-order valence-corrected chi connectivity index (χ2v) is 6.50. The number of benzene rings is 1. The Morgan fingerprint density at radius 2 is 2.09 bits per heavy atom. The lowest BCUT2D eigenvalue weighted by molar-refractivity contribution is 0.217. The number of nitrogens with one attached hydrogen (secondary N) is 1. The summed E-state index contributed by atoms with van der Waals surface area (Å²) in [6, 6.07) is 5.82. The Labute approximate surface area is 133 Å². The molecule has 116 valence electrons. The van der Waals surface area contributed by atoms with Crippen LogP contribution in [0.5, 0.6) is 0 Å². The van der Waals surface area contributed by atoms with E-state index in [1.807, 2.05) is 53.4 Å². The summed E-state index contributed by atoms with van der Waals surface area (Å²) in [6.07, 6.45) is 1.67. The molecule has 0 aliphatic carbocycles. The van der Waals surface area contributed by atoms with Gasteiger partial charge in [-0.25, -0.2) is 4.79 Å². The maximum absolute atomic E-state index is 12.4. The highest BCUT2D eigenvalue weighted by Crippen LogP contribution is 2.27. The summed E-state index contributed by atoms with van der Waals surface area (Å²) in [4.78, 5) is 14.2. The number of carbonyl (C=O) groups is 1. The van der Waals surface area contributed by atoms with Crippen molar-refractivity contribution >= 4 is 23.5 Å². The van der Waals surface area contributed by atoms with E-state index in [0.717, 1.165) is 47.2 Å². The largest absolute Gasteiger partial charge is 0.323 e. The summed E-state index contributed by atoms with van der Waals surface area (Å²) >= 11 is 1.89. The first-order chi connectivity index (χ1) is 10.7. The summed E-state index contributed by atoms with van der Waals surface area (Å²) in [5, 5.41) is 11.1. The molecule has 0 unspecified atom stereocenters.